The van der Waals surface area contributed by atoms with Gasteiger partial charge in [-0.05, 0) is 42.7 Å². The minimum atomic E-state index is -2.44. The van der Waals surface area contributed by atoms with Crippen molar-refractivity contribution in [2.45, 2.75) is 108 Å². The summed E-state index contributed by atoms with van der Waals surface area (Å²) in [5.41, 5.74) is -2.46. The van der Waals surface area contributed by atoms with E-state index in [0.717, 1.165) is 4.57 Å². The Bertz CT molecular complexity index is 993. The van der Waals surface area contributed by atoms with Crippen LogP contribution in [0.4, 0.5) is 4.39 Å². The Hall–Kier alpha value is -1.34. The van der Waals surface area contributed by atoms with Crippen molar-refractivity contribution >= 4 is 16.6 Å². The van der Waals surface area contributed by atoms with E-state index >= 15 is 4.39 Å². The van der Waals surface area contributed by atoms with E-state index in [9.17, 15) is 9.59 Å². The number of H-pyrrole nitrogens is 1. The van der Waals surface area contributed by atoms with Gasteiger partial charge in [0.05, 0.1) is 6.61 Å². The Balaban J connectivity index is 2.59. The highest BCUT2D eigenvalue weighted by Gasteiger charge is 2.60. The van der Waals surface area contributed by atoms with Crippen molar-refractivity contribution in [3.8, 4) is 0 Å². The van der Waals surface area contributed by atoms with Crippen molar-refractivity contribution in [2.75, 3.05) is 6.61 Å². The molecule has 0 radical (unpaired) electrons. The van der Waals surface area contributed by atoms with Crippen molar-refractivity contribution in [3.05, 3.63) is 45.8 Å². The SMILES string of the molecule is C=CC[C@]1(CO[Si](C)(C)C(C)(C)C)O[C@@H](n2ccc(=O)[nH]c2=O)[C@H](F)C1O[Si](C)(C)C(C)(C)C. The standard InChI is InChI=1S/C24H43FN2O5Si2/c1-12-14-24(16-30-33(8,9)22(2,3)4)19(32-34(10,11)23(5,6)7)18(25)20(31-24)27-15-13-17(28)26-21(27)29/h12-13,15,18-20H,1,14,16H2,2-11H3,(H,26,28,29)/t18-,19?,20-,24-/m1/s1. The second-order valence-corrected chi connectivity index (χ2v) is 21.9. The summed E-state index contributed by atoms with van der Waals surface area (Å²) in [6, 6.07) is 1.18. The fourth-order valence-electron chi connectivity index (χ4n) is 3.42. The summed E-state index contributed by atoms with van der Waals surface area (Å²) in [4.78, 5) is 26.3. The van der Waals surface area contributed by atoms with Gasteiger partial charge in [0.1, 0.15) is 11.7 Å². The minimum Gasteiger partial charge on any atom is -0.414 e. The molecule has 1 unspecified atom stereocenters. The molecule has 34 heavy (non-hydrogen) atoms. The molecule has 194 valence electrons. The van der Waals surface area contributed by atoms with Gasteiger partial charge in [-0.25, -0.2) is 9.18 Å². The third-order valence-corrected chi connectivity index (χ3v) is 16.7. The van der Waals surface area contributed by atoms with E-state index < -0.39 is 52.0 Å². The fourth-order valence-corrected chi connectivity index (χ4v) is 5.79. The van der Waals surface area contributed by atoms with Crippen molar-refractivity contribution in [1.82, 2.24) is 9.55 Å². The average Bonchev–Trinajstić information content (AvgIpc) is 2.91. The van der Waals surface area contributed by atoms with E-state index in [1.807, 2.05) is 0 Å². The zero-order chi connectivity index (χ0) is 26.3. The van der Waals surface area contributed by atoms with Crippen LogP contribution in [0, 0.1) is 0 Å². The largest absolute Gasteiger partial charge is 0.414 e. The van der Waals surface area contributed by atoms with Gasteiger partial charge in [-0.15, -0.1) is 6.58 Å². The Morgan fingerprint density at radius 1 is 1.15 bits per heavy atom. The van der Waals surface area contributed by atoms with E-state index in [-0.39, 0.29) is 23.1 Å². The first-order valence-corrected chi connectivity index (χ1v) is 17.7. The first-order valence-electron chi connectivity index (χ1n) is 11.8. The molecule has 10 heteroatoms. The topological polar surface area (TPSA) is 82.5 Å². The number of hydrogen-bond acceptors (Lipinski definition) is 5. The molecule has 2 heterocycles. The van der Waals surface area contributed by atoms with E-state index in [2.05, 4.69) is 79.3 Å². The molecule has 0 aliphatic carbocycles. The molecule has 7 nitrogen and oxygen atoms in total. The van der Waals surface area contributed by atoms with E-state index in [1.165, 1.54) is 12.3 Å². The lowest BCUT2D eigenvalue weighted by Gasteiger charge is -2.45. The fraction of sp³-hybridized carbons (Fsp3) is 0.750. The second kappa shape index (κ2) is 9.61. The van der Waals surface area contributed by atoms with Crippen molar-refractivity contribution in [1.29, 1.82) is 0 Å². The van der Waals surface area contributed by atoms with Gasteiger partial charge < -0.3 is 13.6 Å². The van der Waals surface area contributed by atoms with Crippen molar-refractivity contribution in [3.63, 3.8) is 0 Å². The van der Waals surface area contributed by atoms with Crippen LogP contribution in [0.25, 0.3) is 0 Å². The minimum absolute atomic E-state index is 0.0544. The smallest absolute Gasteiger partial charge is 0.330 e. The van der Waals surface area contributed by atoms with Gasteiger partial charge in [0.2, 0.25) is 0 Å². The number of ether oxygens (including phenoxy) is 1. The summed E-state index contributed by atoms with van der Waals surface area (Å²) in [7, 11) is -4.65. The predicted octanol–water partition coefficient (Wildman–Crippen LogP) is 5.13. The molecule has 1 aromatic heterocycles. The molecule has 0 aromatic carbocycles. The highest BCUT2D eigenvalue weighted by atomic mass is 28.4. The van der Waals surface area contributed by atoms with Crippen LogP contribution >= 0.6 is 0 Å². The lowest BCUT2D eigenvalue weighted by atomic mass is 9.93. The monoisotopic (exact) mass is 514 g/mol. The summed E-state index contributed by atoms with van der Waals surface area (Å²) in [5.74, 6) is 0. The van der Waals surface area contributed by atoms with Crippen LogP contribution in [0.15, 0.2) is 34.5 Å². The summed E-state index contributed by atoms with van der Waals surface area (Å²) < 4.78 is 36.9. The molecular weight excluding hydrogens is 471 g/mol. The van der Waals surface area contributed by atoms with Crippen LogP contribution in [-0.2, 0) is 13.6 Å². The zero-order valence-corrected chi connectivity index (χ0v) is 24.5. The van der Waals surface area contributed by atoms with Crippen LogP contribution < -0.4 is 11.2 Å². The van der Waals surface area contributed by atoms with Gasteiger partial charge in [-0.1, -0.05) is 47.6 Å². The van der Waals surface area contributed by atoms with E-state index in [0.29, 0.717) is 0 Å². The molecule has 1 aliphatic heterocycles. The van der Waals surface area contributed by atoms with E-state index in [4.69, 9.17) is 13.6 Å². The van der Waals surface area contributed by atoms with Crippen LogP contribution in [0.5, 0.6) is 0 Å². The number of aromatic nitrogens is 2. The molecule has 2 rings (SSSR count). The average molecular weight is 515 g/mol. The van der Waals surface area contributed by atoms with Crippen LogP contribution in [0.3, 0.4) is 0 Å². The van der Waals surface area contributed by atoms with Gasteiger partial charge in [0.15, 0.2) is 29.0 Å². The van der Waals surface area contributed by atoms with Crippen LogP contribution in [-0.4, -0.2) is 50.7 Å². The lowest BCUT2D eigenvalue weighted by Crippen LogP contribution is -2.56. The maximum Gasteiger partial charge on any atom is 0.330 e. The number of rotatable bonds is 8. The Morgan fingerprint density at radius 3 is 2.18 bits per heavy atom. The van der Waals surface area contributed by atoms with Gasteiger partial charge in [-0.2, -0.15) is 0 Å². The number of alkyl halides is 1. The third-order valence-electron chi connectivity index (χ3n) is 7.76. The molecule has 0 spiro atoms. The van der Waals surface area contributed by atoms with Crippen LogP contribution in [0.2, 0.25) is 36.3 Å². The summed E-state index contributed by atoms with van der Waals surface area (Å²) in [6.07, 6.45) is -0.652. The summed E-state index contributed by atoms with van der Waals surface area (Å²) in [5, 5.41) is -0.221. The van der Waals surface area contributed by atoms with Crippen LogP contribution in [0.1, 0.15) is 54.2 Å². The Morgan fingerprint density at radius 2 is 1.71 bits per heavy atom. The molecule has 4 atom stereocenters. The van der Waals surface area contributed by atoms with Gasteiger partial charge in [0.25, 0.3) is 5.56 Å². The van der Waals surface area contributed by atoms with Crippen molar-refractivity contribution < 1.29 is 18.0 Å². The maximum atomic E-state index is 16.3. The lowest BCUT2D eigenvalue weighted by molar-refractivity contribution is -0.121. The Kier molecular flexibility index (Phi) is 8.17. The highest BCUT2D eigenvalue weighted by molar-refractivity contribution is 6.74. The van der Waals surface area contributed by atoms with Gasteiger partial charge in [-0.3, -0.25) is 14.3 Å². The molecule has 1 fully saturated rings. The normalized spacial score (nSPS) is 26.6. The number of hydrogen-bond donors (Lipinski definition) is 1. The summed E-state index contributed by atoms with van der Waals surface area (Å²) >= 11 is 0. The maximum absolute atomic E-state index is 16.3. The predicted molar refractivity (Wildman–Crippen MR) is 139 cm³/mol. The molecule has 1 aliphatic rings. The molecule has 1 saturated heterocycles. The molecule has 0 saturated carbocycles. The third kappa shape index (κ3) is 5.72. The quantitative estimate of drug-likeness (QED) is 0.384. The van der Waals surface area contributed by atoms with Gasteiger partial charge in [0, 0.05) is 12.3 Å². The molecule has 1 N–H and O–H groups in total. The Labute approximate surface area is 205 Å². The number of halogens is 1. The zero-order valence-electron chi connectivity index (χ0n) is 22.5. The molecule has 0 bridgehead atoms. The summed E-state index contributed by atoms with van der Waals surface area (Å²) in [6.45, 7) is 25.1. The molecule has 0 amide bonds. The number of nitrogens with zero attached hydrogens (tertiary/aromatic N) is 1. The molecule has 1 aromatic rings. The number of nitrogens with one attached hydrogen (secondary N) is 1. The second-order valence-electron chi connectivity index (χ2n) is 12.4. The number of aromatic amines is 1. The highest BCUT2D eigenvalue weighted by Crippen LogP contribution is 2.48. The first kappa shape index (κ1) is 28.9. The molecular formula is C24H43FN2O5Si2. The van der Waals surface area contributed by atoms with E-state index in [1.54, 1.807) is 6.08 Å². The first-order chi connectivity index (χ1) is 15.3. The van der Waals surface area contributed by atoms with Crippen molar-refractivity contribution in [2.24, 2.45) is 0 Å². The van der Waals surface area contributed by atoms with Gasteiger partial charge >= 0.3 is 5.69 Å².